The molecule has 0 bridgehead atoms. The molecular weight excluding hydrogens is 218 g/mol. The van der Waals surface area contributed by atoms with Crippen LogP contribution >= 0.6 is 0 Å². The first kappa shape index (κ1) is 13.6. The first-order valence-electron chi connectivity index (χ1n) is 5.94. The summed E-state index contributed by atoms with van der Waals surface area (Å²) in [6, 6.07) is 3.59. The largest absolute Gasteiger partial charge is 0.476 e. The second-order valence-corrected chi connectivity index (χ2v) is 3.94. The summed E-state index contributed by atoms with van der Waals surface area (Å²) in [5, 5.41) is 12.3. The van der Waals surface area contributed by atoms with E-state index in [1.54, 1.807) is 13.0 Å². The zero-order valence-electron chi connectivity index (χ0n) is 10.4. The number of aliphatic hydroxyl groups is 1. The number of nitrogens with two attached hydrogens (primary N) is 1. The summed E-state index contributed by atoms with van der Waals surface area (Å²) < 4.78 is 5.31. The second kappa shape index (κ2) is 6.96. The van der Waals surface area contributed by atoms with E-state index in [0.29, 0.717) is 18.2 Å². The average Bonchev–Trinajstić information content (AvgIpc) is 2.28. The number of rotatable bonds is 7. The van der Waals surface area contributed by atoms with Crippen molar-refractivity contribution in [1.29, 1.82) is 0 Å². The Morgan fingerprint density at radius 2 is 2.29 bits per heavy atom. The lowest BCUT2D eigenvalue weighted by Crippen LogP contribution is -2.08. The fourth-order valence-electron chi connectivity index (χ4n) is 1.42. The molecule has 0 fully saturated rings. The van der Waals surface area contributed by atoms with Crippen LogP contribution in [-0.4, -0.2) is 29.3 Å². The third-order valence-corrected chi connectivity index (χ3v) is 2.28. The minimum atomic E-state index is -0.254. The van der Waals surface area contributed by atoms with E-state index in [1.165, 1.54) is 0 Å². The molecule has 0 saturated heterocycles. The Bertz CT molecular complexity index is 343. The summed E-state index contributed by atoms with van der Waals surface area (Å²) in [4.78, 5) is 4.26. The number of nitrogen functional groups attached to an aromatic ring is 1. The van der Waals surface area contributed by atoms with Crippen LogP contribution in [0.5, 0.6) is 5.88 Å². The molecule has 0 spiro atoms. The summed E-state index contributed by atoms with van der Waals surface area (Å²) in [6.45, 7) is 4.99. The van der Waals surface area contributed by atoms with Crippen LogP contribution in [0, 0.1) is 0 Å². The monoisotopic (exact) mass is 239 g/mol. The molecule has 0 amide bonds. The number of aromatic nitrogens is 1. The molecule has 0 aromatic carbocycles. The molecule has 4 N–H and O–H groups in total. The van der Waals surface area contributed by atoms with Gasteiger partial charge in [0.1, 0.15) is 5.82 Å². The standard InChI is InChI=1S/C12H21N3O2/c1-3-17-12-10(13)6-7-11(15-12)14-8-4-5-9(2)16/h6-7,9,16H,3-5,8,13H2,1-2H3,(H,14,15). The van der Waals surface area contributed by atoms with Crippen LogP contribution in [0.25, 0.3) is 0 Å². The normalized spacial score (nSPS) is 12.2. The molecule has 0 aliphatic heterocycles. The second-order valence-electron chi connectivity index (χ2n) is 3.94. The zero-order chi connectivity index (χ0) is 12.7. The van der Waals surface area contributed by atoms with Crippen LogP contribution in [0.1, 0.15) is 26.7 Å². The molecule has 0 aliphatic rings. The SMILES string of the molecule is CCOc1nc(NCCCC(C)O)ccc1N. The van der Waals surface area contributed by atoms with Gasteiger partial charge < -0.3 is 20.9 Å². The van der Waals surface area contributed by atoms with Crippen LogP contribution in [-0.2, 0) is 0 Å². The summed E-state index contributed by atoms with van der Waals surface area (Å²) in [5.74, 6) is 1.21. The lowest BCUT2D eigenvalue weighted by molar-refractivity contribution is 0.183. The Balaban J connectivity index is 2.45. The molecule has 1 unspecified atom stereocenters. The highest BCUT2D eigenvalue weighted by Gasteiger charge is 2.03. The van der Waals surface area contributed by atoms with Crippen LogP contribution in [0.15, 0.2) is 12.1 Å². The van der Waals surface area contributed by atoms with Crippen LogP contribution in [0.3, 0.4) is 0 Å². The van der Waals surface area contributed by atoms with Gasteiger partial charge in [-0.25, -0.2) is 0 Å². The van der Waals surface area contributed by atoms with Crippen molar-refractivity contribution in [3.63, 3.8) is 0 Å². The van der Waals surface area contributed by atoms with Gasteiger partial charge in [-0.05, 0) is 38.8 Å². The number of nitrogens with one attached hydrogen (secondary N) is 1. The predicted molar refractivity (Wildman–Crippen MR) is 69.2 cm³/mol. The minimum Gasteiger partial charge on any atom is -0.476 e. The fraction of sp³-hybridized carbons (Fsp3) is 0.583. The van der Waals surface area contributed by atoms with Crippen molar-refractivity contribution < 1.29 is 9.84 Å². The Hall–Kier alpha value is -1.49. The molecule has 0 radical (unpaired) electrons. The number of hydrogen-bond donors (Lipinski definition) is 3. The van der Waals surface area contributed by atoms with E-state index in [2.05, 4.69) is 10.3 Å². The van der Waals surface area contributed by atoms with Gasteiger partial charge >= 0.3 is 0 Å². The number of hydrogen-bond acceptors (Lipinski definition) is 5. The highest BCUT2D eigenvalue weighted by Crippen LogP contribution is 2.20. The average molecular weight is 239 g/mol. The molecule has 1 heterocycles. The van der Waals surface area contributed by atoms with E-state index in [1.807, 2.05) is 13.0 Å². The Morgan fingerprint density at radius 3 is 2.94 bits per heavy atom. The van der Waals surface area contributed by atoms with Crippen LogP contribution in [0.2, 0.25) is 0 Å². The third kappa shape index (κ3) is 4.91. The first-order chi connectivity index (χ1) is 8.13. The fourth-order valence-corrected chi connectivity index (χ4v) is 1.42. The molecule has 1 aromatic heterocycles. The van der Waals surface area contributed by atoms with Gasteiger partial charge in [-0.3, -0.25) is 0 Å². The molecule has 5 nitrogen and oxygen atoms in total. The van der Waals surface area contributed by atoms with Gasteiger partial charge in [-0.1, -0.05) is 0 Å². The third-order valence-electron chi connectivity index (χ3n) is 2.28. The summed E-state index contributed by atoms with van der Waals surface area (Å²) in [7, 11) is 0. The zero-order valence-corrected chi connectivity index (χ0v) is 10.4. The lowest BCUT2D eigenvalue weighted by atomic mass is 10.2. The smallest absolute Gasteiger partial charge is 0.239 e. The summed E-state index contributed by atoms with van der Waals surface area (Å²) in [6.07, 6.45) is 1.42. The van der Waals surface area contributed by atoms with Crippen LogP contribution in [0.4, 0.5) is 11.5 Å². The van der Waals surface area contributed by atoms with Crippen molar-refractivity contribution in [2.24, 2.45) is 0 Å². The van der Waals surface area contributed by atoms with Gasteiger partial charge in [0.05, 0.1) is 18.4 Å². The Kier molecular flexibility index (Phi) is 5.56. The quantitative estimate of drug-likeness (QED) is 0.630. The van der Waals surface area contributed by atoms with Crippen molar-refractivity contribution in [2.75, 3.05) is 24.2 Å². The molecule has 96 valence electrons. The van der Waals surface area contributed by atoms with Gasteiger partial charge in [0.2, 0.25) is 5.88 Å². The maximum absolute atomic E-state index is 9.12. The van der Waals surface area contributed by atoms with E-state index in [0.717, 1.165) is 25.2 Å². The van der Waals surface area contributed by atoms with E-state index < -0.39 is 0 Å². The molecule has 0 aliphatic carbocycles. The van der Waals surface area contributed by atoms with Gasteiger partial charge in [0.25, 0.3) is 0 Å². The van der Waals surface area contributed by atoms with Crippen molar-refractivity contribution in [2.45, 2.75) is 32.8 Å². The van der Waals surface area contributed by atoms with E-state index in [-0.39, 0.29) is 6.10 Å². The number of nitrogens with zero attached hydrogens (tertiary/aromatic N) is 1. The van der Waals surface area contributed by atoms with Gasteiger partial charge in [-0.2, -0.15) is 4.98 Å². The van der Waals surface area contributed by atoms with E-state index in [4.69, 9.17) is 15.6 Å². The highest BCUT2D eigenvalue weighted by molar-refractivity contribution is 5.53. The number of anilines is 2. The molecular formula is C12H21N3O2. The van der Waals surface area contributed by atoms with Crippen molar-refractivity contribution in [1.82, 2.24) is 4.98 Å². The maximum atomic E-state index is 9.12. The molecule has 0 saturated carbocycles. The summed E-state index contributed by atoms with van der Waals surface area (Å²) >= 11 is 0. The van der Waals surface area contributed by atoms with E-state index in [9.17, 15) is 0 Å². The highest BCUT2D eigenvalue weighted by atomic mass is 16.5. The van der Waals surface area contributed by atoms with E-state index >= 15 is 0 Å². The van der Waals surface area contributed by atoms with Gasteiger partial charge in [-0.15, -0.1) is 0 Å². The lowest BCUT2D eigenvalue weighted by Gasteiger charge is -2.10. The Labute approximate surface area is 102 Å². The molecule has 5 heteroatoms. The maximum Gasteiger partial charge on any atom is 0.239 e. The van der Waals surface area contributed by atoms with Crippen molar-refractivity contribution in [3.05, 3.63) is 12.1 Å². The molecule has 17 heavy (non-hydrogen) atoms. The number of ether oxygens (including phenoxy) is 1. The first-order valence-corrected chi connectivity index (χ1v) is 5.94. The molecule has 1 rings (SSSR count). The van der Waals surface area contributed by atoms with Gasteiger partial charge in [0.15, 0.2) is 0 Å². The summed E-state index contributed by atoms with van der Waals surface area (Å²) in [5.41, 5.74) is 6.26. The van der Waals surface area contributed by atoms with Crippen molar-refractivity contribution >= 4 is 11.5 Å². The van der Waals surface area contributed by atoms with Crippen molar-refractivity contribution in [3.8, 4) is 5.88 Å². The molecule has 1 aromatic rings. The predicted octanol–water partition coefficient (Wildman–Crippen LogP) is 1.64. The Morgan fingerprint density at radius 1 is 1.53 bits per heavy atom. The van der Waals surface area contributed by atoms with Gasteiger partial charge in [0, 0.05) is 6.54 Å². The number of pyridine rings is 1. The molecule has 1 atom stereocenters. The minimum absolute atomic E-state index is 0.254. The topological polar surface area (TPSA) is 80.4 Å². The van der Waals surface area contributed by atoms with Crippen LogP contribution < -0.4 is 15.8 Å². The number of aliphatic hydroxyl groups excluding tert-OH is 1.